The average molecular weight is 368 g/mol. The molecule has 1 aliphatic rings. The number of benzene rings is 2. The molecule has 0 fully saturated rings. The number of hydrogen-bond acceptors (Lipinski definition) is 3. The van der Waals surface area contributed by atoms with Crippen molar-refractivity contribution in [2.24, 2.45) is 0 Å². The number of amides is 2. The van der Waals surface area contributed by atoms with Crippen LogP contribution in [0.3, 0.4) is 0 Å². The van der Waals surface area contributed by atoms with Gasteiger partial charge in [-0.2, -0.15) is 0 Å². The molecule has 0 bridgehead atoms. The molecule has 1 unspecified atom stereocenters. The minimum atomic E-state index is -0.136. The van der Waals surface area contributed by atoms with Crippen LogP contribution in [0.25, 0.3) is 0 Å². The molecule has 2 amide bonds. The fourth-order valence-corrected chi connectivity index (χ4v) is 3.34. The number of nitrogens with one attached hydrogen (secondary N) is 3. The molecule has 6 heteroatoms. The lowest BCUT2D eigenvalue weighted by molar-refractivity contribution is -0.862. The number of ether oxygens (including phenoxy) is 1. The third kappa shape index (κ3) is 5.31. The predicted octanol–water partition coefficient (Wildman–Crippen LogP) is 1.28. The molecule has 1 atom stereocenters. The first kappa shape index (κ1) is 18.9. The van der Waals surface area contributed by atoms with Gasteiger partial charge in [0.1, 0.15) is 5.75 Å². The van der Waals surface area contributed by atoms with Crippen LogP contribution in [0, 0.1) is 0 Å². The summed E-state index contributed by atoms with van der Waals surface area (Å²) < 4.78 is 5.09. The quantitative estimate of drug-likeness (QED) is 0.689. The minimum absolute atomic E-state index is 0.0947. The van der Waals surface area contributed by atoms with Gasteiger partial charge >= 0.3 is 0 Å². The van der Waals surface area contributed by atoms with E-state index in [0.29, 0.717) is 5.69 Å². The van der Waals surface area contributed by atoms with Gasteiger partial charge in [-0.25, -0.2) is 0 Å². The van der Waals surface area contributed by atoms with Crippen LogP contribution in [0.2, 0.25) is 0 Å². The Labute approximate surface area is 159 Å². The minimum Gasteiger partial charge on any atom is -0.497 e. The van der Waals surface area contributed by atoms with E-state index in [1.54, 1.807) is 31.4 Å². The van der Waals surface area contributed by atoms with Crippen molar-refractivity contribution in [3.63, 3.8) is 0 Å². The monoisotopic (exact) mass is 368 g/mol. The van der Waals surface area contributed by atoms with Gasteiger partial charge in [-0.1, -0.05) is 6.07 Å². The summed E-state index contributed by atoms with van der Waals surface area (Å²) in [7, 11) is 3.43. The first-order valence-corrected chi connectivity index (χ1v) is 9.20. The Morgan fingerprint density at radius 1 is 0.926 bits per heavy atom. The summed E-state index contributed by atoms with van der Waals surface area (Å²) in [5.41, 5.74) is 4.24. The molecule has 3 rings (SSSR count). The molecule has 1 aliphatic carbocycles. The predicted molar refractivity (Wildman–Crippen MR) is 105 cm³/mol. The van der Waals surface area contributed by atoms with Crippen LogP contribution in [0.1, 0.15) is 17.5 Å². The van der Waals surface area contributed by atoms with Gasteiger partial charge in [-0.15, -0.1) is 0 Å². The van der Waals surface area contributed by atoms with Crippen LogP contribution in [0.4, 0.5) is 11.4 Å². The molecular formula is C21H26N3O3+. The molecule has 0 spiro atoms. The SMILES string of the molecule is COc1ccc(NC(=O)C[NH+](C)CC(=O)Nc2ccc3c(c2)CCC3)cc1. The highest BCUT2D eigenvalue weighted by atomic mass is 16.5. The highest BCUT2D eigenvalue weighted by molar-refractivity contribution is 5.93. The average Bonchev–Trinajstić information content (AvgIpc) is 3.09. The standard InChI is InChI=1S/C21H25N3O3/c1-24(13-20(25)22-17-8-10-19(27-2)11-9-17)14-21(26)23-18-7-6-15-4-3-5-16(15)12-18/h6-12H,3-5,13-14H2,1-2H3,(H,22,25)(H,23,26)/p+1. The highest BCUT2D eigenvalue weighted by Gasteiger charge is 2.16. The van der Waals surface area contributed by atoms with Gasteiger partial charge in [0.2, 0.25) is 0 Å². The van der Waals surface area contributed by atoms with Crippen molar-refractivity contribution in [1.29, 1.82) is 0 Å². The van der Waals surface area contributed by atoms with Gasteiger partial charge in [0.15, 0.2) is 13.1 Å². The summed E-state index contributed by atoms with van der Waals surface area (Å²) in [6.45, 7) is 0.441. The summed E-state index contributed by atoms with van der Waals surface area (Å²) in [5.74, 6) is 0.504. The molecule has 0 saturated heterocycles. The Hall–Kier alpha value is -2.86. The maximum Gasteiger partial charge on any atom is 0.279 e. The number of hydrogen-bond donors (Lipinski definition) is 3. The van der Waals surface area contributed by atoms with Crippen LogP contribution in [-0.4, -0.2) is 39.1 Å². The fourth-order valence-electron chi connectivity index (χ4n) is 3.34. The Morgan fingerprint density at radius 3 is 2.19 bits per heavy atom. The zero-order valence-electron chi connectivity index (χ0n) is 15.8. The third-order valence-electron chi connectivity index (χ3n) is 4.68. The Kier molecular flexibility index (Phi) is 6.08. The molecule has 0 radical (unpaired) electrons. The largest absolute Gasteiger partial charge is 0.497 e. The van der Waals surface area contributed by atoms with Crippen LogP contribution < -0.4 is 20.3 Å². The normalized spacial score (nSPS) is 13.6. The summed E-state index contributed by atoms with van der Waals surface area (Å²) in [6, 6.07) is 13.3. The number of likely N-dealkylation sites (N-methyl/N-ethyl adjacent to an activating group) is 1. The number of quaternary nitrogens is 1. The number of aryl methyl sites for hydroxylation is 2. The van der Waals surface area contributed by atoms with E-state index >= 15 is 0 Å². The zero-order valence-corrected chi connectivity index (χ0v) is 15.8. The molecule has 0 heterocycles. The molecule has 6 nitrogen and oxygen atoms in total. The van der Waals surface area contributed by atoms with Gasteiger partial charge in [0.05, 0.1) is 14.2 Å². The summed E-state index contributed by atoms with van der Waals surface area (Å²) in [5, 5.41) is 5.76. The van der Waals surface area contributed by atoms with Crippen LogP contribution in [-0.2, 0) is 22.4 Å². The fraction of sp³-hybridized carbons (Fsp3) is 0.333. The van der Waals surface area contributed by atoms with Crippen LogP contribution in [0.5, 0.6) is 5.75 Å². The summed E-state index contributed by atoms with van der Waals surface area (Å²) >= 11 is 0. The molecule has 2 aromatic rings. The number of carbonyl (C=O) groups is 2. The van der Waals surface area contributed by atoms with Crippen molar-refractivity contribution < 1.29 is 19.2 Å². The summed E-state index contributed by atoms with van der Waals surface area (Å²) in [6.07, 6.45) is 3.39. The molecular weight excluding hydrogens is 342 g/mol. The molecule has 0 aliphatic heterocycles. The van der Waals surface area contributed by atoms with E-state index in [4.69, 9.17) is 4.74 Å². The second-order valence-corrected chi connectivity index (χ2v) is 6.97. The zero-order chi connectivity index (χ0) is 19.2. The van der Waals surface area contributed by atoms with Gasteiger partial charge < -0.3 is 20.3 Å². The van der Waals surface area contributed by atoms with Gasteiger partial charge in [0, 0.05) is 11.4 Å². The van der Waals surface area contributed by atoms with Crippen LogP contribution >= 0.6 is 0 Å². The van der Waals surface area contributed by atoms with E-state index in [2.05, 4.69) is 22.8 Å². The lowest BCUT2D eigenvalue weighted by atomic mass is 10.1. The number of anilines is 2. The smallest absolute Gasteiger partial charge is 0.279 e. The molecule has 2 aromatic carbocycles. The number of rotatable bonds is 7. The molecule has 0 aromatic heterocycles. The Bertz CT molecular complexity index is 818. The van der Waals surface area contributed by atoms with E-state index in [9.17, 15) is 9.59 Å². The number of carbonyl (C=O) groups excluding carboxylic acids is 2. The van der Waals surface area contributed by atoms with Crippen molar-refractivity contribution >= 4 is 23.2 Å². The summed E-state index contributed by atoms with van der Waals surface area (Å²) in [4.78, 5) is 25.2. The van der Waals surface area contributed by atoms with E-state index in [0.717, 1.165) is 29.2 Å². The maximum absolute atomic E-state index is 12.3. The van der Waals surface area contributed by atoms with E-state index in [1.807, 2.05) is 13.1 Å². The Morgan fingerprint density at radius 2 is 1.52 bits per heavy atom. The lowest BCUT2D eigenvalue weighted by Gasteiger charge is -2.14. The van der Waals surface area contributed by atoms with E-state index < -0.39 is 0 Å². The van der Waals surface area contributed by atoms with Gasteiger partial charge in [-0.3, -0.25) is 9.59 Å². The third-order valence-corrected chi connectivity index (χ3v) is 4.68. The molecule has 0 saturated carbocycles. The van der Waals surface area contributed by atoms with Crippen molar-refractivity contribution in [1.82, 2.24) is 0 Å². The molecule has 27 heavy (non-hydrogen) atoms. The number of methoxy groups -OCH3 is 1. The van der Waals surface area contributed by atoms with Gasteiger partial charge in [0.25, 0.3) is 11.8 Å². The lowest BCUT2D eigenvalue weighted by Crippen LogP contribution is -3.11. The topological polar surface area (TPSA) is 71.9 Å². The van der Waals surface area contributed by atoms with Crippen LogP contribution in [0.15, 0.2) is 42.5 Å². The van der Waals surface area contributed by atoms with Crippen molar-refractivity contribution in [2.45, 2.75) is 19.3 Å². The van der Waals surface area contributed by atoms with E-state index in [-0.39, 0.29) is 24.9 Å². The number of fused-ring (bicyclic) bond motifs is 1. The van der Waals surface area contributed by atoms with Crippen molar-refractivity contribution in [2.75, 3.05) is 37.9 Å². The molecule has 142 valence electrons. The van der Waals surface area contributed by atoms with Gasteiger partial charge in [-0.05, 0) is 66.8 Å². The van der Waals surface area contributed by atoms with Crippen molar-refractivity contribution in [3.8, 4) is 5.75 Å². The second-order valence-electron chi connectivity index (χ2n) is 6.97. The van der Waals surface area contributed by atoms with E-state index in [1.165, 1.54) is 17.5 Å². The Balaban J connectivity index is 1.45. The van der Waals surface area contributed by atoms with Crippen molar-refractivity contribution in [3.05, 3.63) is 53.6 Å². The maximum atomic E-state index is 12.3. The highest BCUT2D eigenvalue weighted by Crippen LogP contribution is 2.24. The first-order chi connectivity index (χ1) is 13.0. The molecule has 3 N–H and O–H groups in total. The first-order valence-electron chi connectivity index (χ1n) is 9.20. The second kappa shape index (κ2) is 8.68.